The Morgan fingerprint density at radius 3 is 2.95 bits per heavy atom. The van der Waals surface area contributed by atoms with Crippen LogP contribution in [0.2, 0.25) is 0 Å². The van der Waals surface area contributed by atoms with Gasteiger partial charge in [-0.1, -0.05) is 0 Å². The fraction of sp³-hybridized carbons (Fsp3) is 0.462. The van der Waals surface area contributed by atoms with E-state index in [0.29, 0.717) is 0 Å². The number of aryl methyl sites for hydroxylation is 1. The standard InChI is InChI=1S/C13H19N5O/c1-10(2)19-11-5-4-7-14-13(11)15-8-6-12-17-16-9-18(12)3/h4-5,7,9-10H,6,8H2,1-3H3,(H,14,15). The molecule has 6 nitrogen and oxygen atoms in total. The van der Waals surface area contributed by atoms with Crippen molar-refractivity contribution in [3.05, 3.63) is 30.5 Å². The molecule has 6 heteroatoms. The maximum absolute atomic E-state index is 5.70. The van der Waals surface area contributed by atoms with Crippen molar-refractivity contribution in [3.8, 4) is 5.75 Å². The molecule has 2 heterocycles. The largest absolute Gasteiger partial charge is 0.487 e. The Morgan fingerprint density at radius 1 is 1.42 bits per heavy atom. The summed E-state index contributed by atoms with van der Waals surface area (Å²) in [6.45, 7) is 4.73. The number of hydrogen-bond donors (Lipinski definition) is 1. The second-order valence-corrected chi connectivity index (χ2v) is 4.55. The summed E-state index contributed by atoms with van der Waals surface area (Å²) in [5.41, 5.74) is 0. The molecule has 0 amide bonds. The zero-order chi connectivity index (χ0) is 13.7. The lowest BCUT2D eigenvalue weighted by Crippen LogP contribution is -2.12. The van der Waals surface area contributed by atoms with Crippen molar-refractivity contribution in [1.29, 1.82) is 0 Å². The van der Waals surface area contributed by atoms with Crippen LogP contribution >= 0.6 is 0 Å². The lowest BCUT2D eigenvalue weighted by molar-refractivity contribution is 0.243. The Labute approximate surface area is 112 Å². The minimum atomic E-state index is 0.128. The van der Waals surface area contributed by atoms with E-state index in [2.05, 4.69) is 20.5 Å². The number of aromatic nitrogens is 4. The van der Waals surface area contributed by atoms with E-state index in [1.54, 1.807) is 12.5 Å². The lowest BCUT2D eigenvalue weighted by Gasteiger charge is -2.14. The molecule has 0 aliphatic rings. The highest BCUT2D eigenvalue weighted by molar-refractivity contribution is 5.49. The van der Waals surface area contributed by atoms with Gasteiger partial charge in [-0.3, -0.25) is 0 Å². The summed E-state index contributed by atoms with van der Waals surface area (Å²) in [6, 6.07) is 3.78. The van der Waals surface area contributed by atoms with Crippen molar-refractivity contribution in [2.75, 3.05) is 11.9 Å². The Morgan fingerprint density at radius 2 is 2.26 bits per heavy atom. The summed E-state index contributed by atoms with van der Waals surface area (Å²) in [6.07, 6.45) is 4.36. The molecule has 0 aromatic carbocycles. The van der Waals surface area contributed by atoms with E-state index in [9.17, 15) is 0 Å². The monoisotopic (exact) mass is 261 g/mol. The highest BCUT2D eigenvalue weighted by Gasteiger charge is 2.06. The first-order valence-electron chi connectivity index (χ1n) is 6.35. The van der Waals surface area contributed by atoms with Crippen LogP contribution in [0.25, 0.3) is 0 Å². The molecule has 0 fully saturated rings. The van der Waals surface area contributed by atoms with Gasteiger partial charge in [0, 0.05) is 26.2 Å². The molecule has 2 rings (SSSR count). The maximum atomic E-state index is 5.70. The van der Waals surface area contributed by atoms with Crippen molar-refractivity contribution in [2.24, 2.45) is 7.05 Å². The third-order valence-corrected chi connectivity index (χ3v) is 2.58. The third-order valence-electron chi connectivity index (χ3n) is 2.58. The van der Waals surface area contributed by atoms with Crippen LogP contribution in [-0.4, -0.2) is 32.4 Å². The van der Waals surface area contributed by atoms with Crippen LogP contribution in [0.15, 0.2) is 24.7 Å². The van der Waals surface area contributed by atoms with E-state index < -0.39 is 0 Å². The second kappa shape index (κ2) is 6.17. The summed E-state index contributed by atoms with van der Waals surface area (Å²) >= 11 is 0. The highest BCUT2D eigenvalue weighted by atomic mass is 16.5. The Kier molecular flexibility index (Phi) is 4.33. The number of hydrogen-bond acceptors (Lipinski definition) is 5. The minimum absolute atomic E-state index is 0.128. The zero-order valence-corrected chi connectivity index (χ0v) is 11.5. The first-order valence-corrected chi connectivity index (χ1v) is 6.35. The Bertz CT molecular complexity index is 523. The molecule has 0 atom stereocenters. The molecule has 1 N–H and O–H groups in total. The van der Waals surface area contributed by atoms with Crippen LogP contribution in [0.4, 0.5) is 5.82 Å². The van der Waals surface area contributed by atoms with Crippen molar-refractivity contribution in [1.82, 2.24) is 19.7 Å². The zero-order valence-electron chi connectivity index (χ0n) is 11.5. The number of rotatable bonds is 6. The van der Waals surface area contributed by atoms with Crippen LogP contribution in [0, 0.1) is 0 Å². The number of nitrogens with one attached hydrogen (secondary N) is 1. The van der Waals surface area contributed by atoms with E-state index in [-0.39, 0.29) is 6.10 Å². The molecule has 2 aromatic rings. The summed E-state index contributed by atoms with van der Waals surface area (Å²) < 4.78 is 7.61. The van der Waals surface area contributed by atoms with Gasteiger partial charge in [0.15, 0.2) is 11.6 Å². The Hall–Kier alpha value is -2.11. The molecule has 0 saturated carbocycles. The summed E-state index contributed by atoms with van der Waals surface area (Å²) in [5, 5.41) is 11.2. The van der Waals surface area contributed by atoms with Crippen LogP contribution in [0.3, 0.4) is 0 Å². The van der Waals surface area contributed by atoms with Gasteiger partial charge < -0.3 is 14.6 Å². The molecule has 2 aromatic heterocycles. The summed E-state index contributed by atoms with van der Waals surface area (Å²) in [7, 11) is 1.93. The fourth-order valence-electron chi connectivity index (χ4n) is 1.70. The average Bonchev–Trinajstić information content (AvgIpc) is 2.77. The van der Waals surface area contributed by atoms with Gasteiger partial charge >= 0.3 is 0 Å². The van der Waals surface area contributed by atoms with Crippen molar-refractivity contribution in [3.63, 3.8) is 0 Å². The van der Waals surface area contributed by atoms with E-state index in [1.165, 1.54) is 0 Å². The van der Waals surface area contributed by atoms with Gasteiger partial charge in [-0.15, -0.1) is 10.2 Å². The van der Waals surface area contributed by atoms with Crippen molar-refractivity contribution < 1.29 is 4.74 Å². The number of nitrogens with zero attached hydrogens (tertiary/aromatic N) is 4. The van der Waals surface area contributed by atoms with Gasteiger partial charge in [0.1, 0.15) is 12.2 Å². The van der Waals surface area contributed by atoms with Gasteiger partial charge in [0.25, 0.3) is 0 Å². The molecular weight excluding hydrogens is 242 g/mol. The van der Waals surface area contributed by atoms with E-state index in [4.69, 9.17) is 4.74 Å². The predicted octanol–water partition coefficient (Wildman–Crippen LogP) is 1.65. The molecule has 19 heavy (non-hydrogen) atoms. The van der Waals surface area contributed by atoms with Crippen LogP contribution < -0.4 is 10.1 Å². The highest BCUT2D eigenvalue weighted by Crippen LogP contribution is 2.21. The van der Waals surface area contributed by atoms with Gasteiger partial charge in [-0.05, 0) is 26.0 Å². The van der Waals surface area contributed by atoms with Crippen molar-refractivity contribution in [2.45, 2.75) is 26.4 Å². The van der Waals surface area contributed by atoms with Crippen LogP contribution in [0.5, 0.6) is 5.75 Å². The third kappa shape index (κ3) is 3.67. The maximum Gasteiger partial charge on any atom is 0.168 e. The van der Waals surface area contributed by atoms with E-state index in [0.717, 1.165) is 30.4 Å². The quantitative estimate of drug-likeness (QED) is 0.856. The molecule has 0 aliphatic heterocycles. The number of pyridine rings is 1. The second-order valence-electron chi connectivity index (χ2n) is 4.55. The van der Waals surface area contributed by atoms with E-state index in [1.807, 2.05) is 37.6 Å². The Balaban J connectivity index is 1.94. The number of anilines is 1. The lowest BCUT2D eigenvalue weighted by atomic mass is 10.3. The van der Waals surface area contributed by atoms with Gasteiger partial charge in [-0.25, -0.2) is 4.98 Å². The van der Waals surface area contributed by atoms with Gasteiger partial charge in [0.2, 0.25) is 0 Å². The SMILES string of the molecule is CC(C)Oc1cccnc1NCCc1nncn1C. The van der Waals surface area contributed by atoms with E-state index >= 15 is 0 Å². The molecule has 0 spiro atoms. The average molecular weight is 261 g/mol. The normalized spacial score (nSPS) is 10.7. The van der Waals surface area contributed by atoms with Gasteiger partial charge in [0.05, 0.1) is 6.10 Å². The van der Waals surface area contributed by atoms with Gasteiger partial charge in [-0.2, -0.15) is 0 Å². The summed E-state index contributed by atoms with van der Waals surface area (Å²) in [5.74, 6) is 2.48. The fourth-order valence-corrected chi connectivity index (χ4v) is 1.70. The minimum Gasteiger partial charge on any atom is -0.487 e. The first kappa shape index (κ1) is 13.3. The first-order chi connectivity index (χ1) is 9.16. The molecular formula is C13H19N5O. The van der Waals surface area contributed by atoms with Crippen LogP contribution in [0.1, 0.15) is 19.7 Å². The van der Waals surface area contributed by atoms with Crippen molar-refractivity contribution >= 4 is 5.82 Å². The molecule has 0 bridgehead atoms. The molecule has 0 saturated heterocycles. The predicted molar refractivity (Wildman–Crippen MR) is 73.2 cm³/mol. The molecule has 0 radical (unpaired) electrons. The summed E-state index contributed by atoms with van der Waals surface area (Å²) in [4.78, 5) is 4.29. The topological polar surface area (TPSA) is 64.9 Å². The van der Waals surface area contributed by atoms with Crippen LogP contribution in [-0.2, 0) is 13.5 Å². The molecule has 0 aliphatic carbocycles. The number of ether oxygens (including phenoxy) is 1. The molecule has 102 valence electrons. The molecule has 0 unspecified atom stereocenters. The smallest absolute Gasteiger partial charge is 0.168 e.